The summed E-state index contributed by atoms with van der Waals surface area (Å²) >= 11 is 4.75. The van der Waals surface area contributed by atoms with Gasteiger partial charge in [0.05, 0.1) is 18.2 Å². The number of nitrogens with zero attached hydrogens (tertiary/aromatic N) is 1. The van der Waals surface area contributed by atoms with Gasteiger partial charge in [0.15, 0.2) is 0 Å². The summed E-state index contributed by atoms with van der Waals surface area (Å²) in [5.41, 5.74) is 5.37. The number of hydrogen-bond acceptors (Lipinski definition) is 4. The summed E-state index contributed by atoms with van der Waals surface area (Å²) in [5, 5.41) is 0. The quantitative estimate of drug-likeness (QED) is 0.483. The molecule has 18 heavy (non-hydrogen) atoms. The van der Waals surface area contributed by atoms with Crippen molar-refractivity contribution < 1.29 is 22.6 Å². The predicted octanol–water partition coefficient (Wildman–Crippen LogP) is 1.19. The Morgan fingerprint density at radius 2 is 1.83 bits per heavy atom. The van der Waals surface area contributed by atoms with Gasteiger partial charge in [-0.2, -0.15) is 13.2 Å². The molecule has 8 heteroatoms. The number of halogens is 3. The third-order valence-corrected chi connectivity index (χ3v) is 2.31. The van der Waals surface area contributed by atoms with Gasteiger partial charge in [0.1, 0.15) is 6.61 Å². The van der Waals surface area contributed by atoms with Gasteiger partial charge in [0, 0.05) is 33.2 Å². The zero-order valence-electron chi connectivity index (χ0n) is 10.3. The molecule has 0 aromatic carbocycles. The maximum Gasteiger partial charge on any atom is 0.411 e. The van der Waals surface area contributed by atoms with Gasteiger partial charge in [0.25, 0.3) is 0 Å². The van der Waals surface area contributed by atoms with Crippen molar-refractivity contribution in [3.05, 3.63) is 0 Å². The molecule has 0 unspecified atom stereocenters. The Balaban J connectivity index is 3.81. The van der Waals surface area contributed by atoms with Crippen LogP contribution in [-0.4, -0.2) is 62.6 Å². The molecule has 2 N–H and O–H groups in total. The van der Waals surface area contributed by atoms with E-state index in [2.05, 4.69) is 4.74 Å². The molecule has 0 aliphatic heterocycles. The van der Waals surface area contributed by atoms with Crippen LogP contribution in [-0.2, 0) is 9.47 Å². The molecule has 0 spiro atoms. The maximum atomic E-state index is 11.8. The minimum atomic E-state index is -4.28. The van der Waals surface area contributed by atoms with E-state index >= 15 is 0 Å². The second-order valence-corrected chi connectivity index (χ2v) is 4.24. The molecular formula is C10H19F3N2O2S. The molecule has 0 aliphatic carbocycles. The molecule has 0 radical (unpaired) electrons. The van der Waals surface area contributed by atoms with Gasteiger partial charge >= 0.3 is 6.18 Å². The highest BCUT2D eigenvalue weighted by Gasteiger charge is 2.27. The summed E-state index contributed by atoms with van der Waals surface area (Å²) in [6.07, 6.45) is -3.76. The molecular weight excluding hydrogens is 269 g/mol. The SMILES string of the molecule is COCCN(CCOCC(F)(F)F)CCC(N)=S. The van der Waals surface area contributed by atoms with Crippen molar-refractivity contribution >= 4 is 17.2 Å². The maximum absolute atomic E-state index is 11.8. The van der Waals surface area contributed by atoms with E-state index < -0.39 is 12.8 Å². The van der Waals surface area contributed by atoms with Crippen LogP contribution in [0.25, 0.3) is 0 Å². The van der Waals surface area contributed by atoms with E-state index in [1.54, 1.807) is 7.11 Å². The zero-order chi connectivity index (χ0) is 14.0. The summed E-state index contributed by atoms with van der Waals surface area (Å²) in [7, 11) is 1.56. The van der Waals surface area contributed by atoms with Crippen molar-refractivity contribution in [3.8, 4) is 0 Å². The van der Waals surface area contributed by atoms with Crippen LogP contribution in [0.3, 0.4) is 0 Å². The average molecular weight is 288 g/mol. The van der Waals surface area contributed by atoms with Crippen molar-refractivity contribution in [2.45, 2.75) is 12.6 Å². The Kier molecular flexibility index (Phi) is 9.25. The van der Waals surface area contributed by atoms with Gasteiger partial charge in [-0.1, -0.05) is 12.2 Å². The Bertz CT molecular complexity index is 240. The fourth-order valence-corrected chi connectivity index (χ4v) is 1.30. The first-order chi connectivity index (χ1) is 8.35. The van der Waals surface area contributed by atoms with E-state index in [0.29, 0.717) is 37.7 Å². The molecule has 108 valence electrons. The van der Waals surface area contributed by atoms with Gasteiger partial charge in [-0.15, -0.1) is 0 Å². The normalized spacial score (nSPS) is 12.1. The van der Waals surface area contributed by atoms with Crippen LogP contribution < -0.4 is 5.73 Å². The van der Waals surface area contributed by atoms with Crippen molar-refractivity contribution in [2.75, 3.05) is 46.6 Å². The van der Waals surface area contributed by atoms with E-state index in [1.165, 1.54) is 0 Å². The van der Waals surface area contributed by atoms with Crippen molar-refractivity contribution in [1.29, 1.82) is 0 Å². The molecule has 0 aromatic heterocycles. The van der Waals surface area contributed by atoms with Crippen LogP contribution in [0.5, 0.6) is 0 Å². The number of rotatable bonds is 10. The Morgan fingerprint density at radius 3 is 2.33 bits per heavy atom. The van der Waals surface area contributed by atoms with Crippen molar-refractivity contribution in [2.24, 2.45) is 5.73 Å². The molecule has 0 amide bonds. The predicted molar refractivity (Wildman–Crippen MR) is 66.6 cm³/mol. The second-order valence-electron chi connectivity index (χ2n) is 3.72. The standard InChI is InChI=1S/C10H19F3N2O2S/c1-16-6-4-15(3-2-9(14)18)5-7-17-8-10(11,12)13/h2-8H2,1H3,(H2,14,18). The second kappa shape index (κ2) is 9.48. The minimum Gasteiger partial charge on any atom is -0.393 e. The van der Waals surface area contributed by atoms with Crippen LogP contribution >= 0.6 is 12.2 Å². The first-order valence-electron chi connectivity index (χ1n) is 5.49. The number of alkyl halides is 3. The van der Waals surface area contributed by atoms with Gasteiger partial charge in [-0.3, -0.25) is 4.90 Å². The highest BCUT2D eigenvalue weighted by Crippen LogP contribution is 2.14. The molecule has 0 rings (SSSR count). The molecule has 0 saturated heterocycles. The molecule has 4 nitrogen and oxygen atoms in total. The third kappa shape index (κ3) is 12.0. The van der Waals surface area contributed by atoms with Gasteiger partial charge in [-0.05, 0) is 0 Å². The fraction of sp³-hybridized carbons (Fsp3) is 0.900. The van der Waals surface area contributed by atoms with E-state index in [0.717, 1.165) is 0 Å². The van der Waals surface area contributed by atoms with Crippen LogP contribution in [0.4, 0.5) is 13.2 Å². The number of hydrogen-bond donors (Lipinski definition) is 1. The summed E-state index contributed by atoms with van der Waals surface area (Å²) in [6.45, 7) is 0.877. The lowest BCUT2D eigenvalue weighted by Crippen LogP contribution is -2.34. The van der Waals surface area contributed by atoms with Crippen LogP contribution in [0, 0.1) is 0 Å². The topological polar surface area (TPSA) is 47.7 Å². The number of thiocarbonyl (C=S) groups is 1. The summed E-state index contributed by atoms with van der Waals surface area (Å²) in [6, 6.07) is 0. The molecule has 0 fully saturated rings. The van der Waals surface area contributed by atoms with E-state index in [9.17, 15) is 13.2 Å². The molecule has 0 aliphatic rings. The third-order valence-electron chi connectivity index (χ3n) is 2.10. The van der Waals surface area contributed by atoms with Crippen molar-refractivity contribution in [1.82, 2.24) is 4.90 Å². The fourth-order valence-electron chi connectivity index (χ4n) is 1.21. The van der Waals surface area contributed by atoms with Crippen LogP contribution in [0.15, 0.2) is 0 Å². The first-order valence-corrected chi connectivity index (χ1v) is 5.90. The Labute approximate surface area is 110 Å². The summed E-state index contributed by atoms with van der Waals surface area (Å²) < 4.78 is 45.0. The largest absolute Gasteiger partial charge is 0.411 e. The van der Waals surface area contributed by atoms with Crippen LogP contribution in [0.2, 0.25) is 0 Å². The molecule has 0 heterocycles. The highest BCUT2D eigenvalue weighted by molar-refractivity contribution is 7.80. The summed E-state index contributed by atoms with van der Waals surface area (Å²) in [4.78, 5) is 2.28. The smallest absolute Gasteiger partial charge is 0.393 e. The van der Waals surface area contributed by atoms with E-state index in [1.807, 2.05) is 4.90 Å². The minimum absolute atomic E-state index is 0.0144. The lowest BCUT2D eigenvalue weighted by atomic mass is 10.3. The Morgan fingerprint density at radius 1 is 1.22 bits per heavy atom. The molecule has 0 saturated carbocycles. The Hall–Kier alpha value is -0.440. The van der Waals surface area contributed by atoms with E-state index in [-0.39, 0.29) is 6.61 Å². The average Bonchev–Trinajstić information content (AvgIpc) is 2.25. The van der Waals surface area contributed by atoms with Gasteiger partial charge in [-0.25, -0.2) is 0 Å². The molecule has 0 atom stereocenters. The number of methoxy groups -OCH3 is 1. The van der Waals surface area contributed by atoms with Crippen molar-refractivity contribution in [3.63, 3.8) is 0 Å². The zero-order valence-corrected chi connectivity index (χ0v) is 11.1. The number of nitrogens with two attached hydrogens (primary N) is 1. The van der Waals surface area contributed by atoms with Crippen LogP contribution in [0.1, 0.15) is 6.42 Å². The molecule has 0 bridgehead atoms. The summed E-state index contributed by atoms with van der Waals surface area (Å²) in [5.74, 6) is 0. The van der Waals surface area contributed by atoms with Gasteiger partial charge in [0.2, 0.25) is 0 Å². The monoisotopic (exact) mass is 288 g/mol. The number of ether oxygens (including phenoxy) is 2. The highest BCUT2D eigenvalue weighted by atomic mass is 32.1. The van der Waals surface area contributed by atoms with Gasteiger partial charge < -0.3 is 15.2 Å². The first kappa shape index (κ1) is 17.6. The van der Waals surface area contributed by atoms with E-state index in [4.69, 9.17) is 22.7 Å². The molecule has 0 aromatic rings. The lowest BCUT2D eigenvalue weighted by Gasteiger charge is -2.21. The lowest BCUT2D eigenvalue weighted by molar-refractivity contribution is -0.174.